The van der Waals surface area contributed by atoms with Crippen molar-refractivity contribution >= 4 is 12.0 Å². The molecule has 27 heavy (non-hydrogen) atoms. The molecule has 1 aliphatic rings. The number of rotatable bonds is 7. The molecular weight excluding hydrogens is 346 g/mol. The van der Waals surface area contributed by atoms with Crippen molar-refractivity contribution in [2.45, 2.75) is 18.3 Å². The number of amides is 1. The van der Waals surface area contributed by atoms with Gasteiger partial charge >= 0.3 is 0 Å². The fraction of sp³-hybridized carbons (Fsp3) is 0.381. The van der Waals surface area contributed by atoms with Gasteiger partial charge in [-0.1, -0.05) is 6.07 Å². The van der Waals surface area contributed by atoms with E-state index in [4.69, 9.17) is 18.6 Å². The van der Waals surface area contributed by atoms with Crippen LogP contribution in [0.25, 0.3) is 6.08 Å². The summed E-state index contributed by atoms with van der Waals surface area (Å²) in [5.41, 5.74) is 0.908. The molecule has 6 heteroatoms. The third-order valence-corrected chi connectivity index (χ3v) is 4.99. The zero-order chi connectivity index (χ0) is 19.1. The van der Waals surface area contributed by atoms with Crippen LogP contribution in [0.2, 0.25) is 0 Å². The van der Waals surface area contributed by atoms with E-state index in [1.165, 1.54) is 6.08 Å². The summed E-state index contributed by atoms with van der Waals surface area (Å²) in [7, 11) is 3.24. The Morgan fingerprint density at radius 2 is 1.96 bits per heavy atom. The maximum absolute atomic E-state index is 12.3. The first-order valence-electron chi connectivity index (χ1n) is 8.96. The van der Waals surface area contributed by atoms with E-state index in [0.29, 0.717) is 37.0 Å². The Kier molecular flexibility index (Phi) is 6.19. The fourth-order valence-electron chi connectivity index (χ4n) is 3.35. The predicted molar refractivity (Wildman–Crippen MR) is 102 cm³/mol. The van der Waals surface area contributed by atoms with Crippen LogP contribution in [0.15, 0.2) is 47.1 Å². The summed E-state index contributed by atoms with van der Waals surface area (Å²) < 4.78 is 21.6. The summed E-state index contributed by atoms with van der Waals surface area (Å²) in [6.45, 7) is 1.84. The van der Waals surface area contributed by atoms with Gasteiger partial charge in [0.25, 0.3) is 0 Å². The minimum Gasteiger partial charge on any atom is -0.493 e. The van der Waals surface area contributed by atoms with Crippen LogP contribution in [0.5, 0.6) is 11.5 Å². The largest absolute Gasteiger partial charge is 0.493 e. The van der Waals surface area contributed by atoms with Crippen molar-refractivity contribution in [2.24, 2.45) is 0 Å². The molecule has 1 fully saturated rings. The second kappa shape index (κ2) is 8.77. The molecule has 144 valence electrons. The van der Waals surface area contributed by atoms with Crippen molar-refractivity contribution in [1.82, 2.24) is 5.32 Å². The van der Waals surface area contributed by atoms with Gasteiger partial charge in [-0.3, -0.25) is 4.79 Å². The van der Waals surface area contributed by atoms with Gasteiger partial charge in [0.15, 0.2) is 11.5 Å². The molecule has 0 bridgehead atoms. The Morgan fingerprint density at radius 1 is 1.19 bits per heavy atom. The lowest BCUT2D eigenvalue weighted by atomic mass is 9.74. The predicted octanol–water partition coefficient (Wildman–Crippen LogP) is 3.17. The molecular formula is C21H25NO5. The summed E-state index contributed by atoms with van der Waals surface area (Å²) in [6.07, 6.45) is 6.36. The van der Waals surface area contributed by atoms with Gasteiger partial charge < -0.3 is 23.9 Å². The summed E-state index contributed by atoms with van der Waals surface area (Å²) in [5, 5.41) is 3.03. The van der Waals surface area contributed by atoms with Crippen LogP contribution in [0, 0.1) is 0 Å². The summed E-state index contributed by atoms with van der Waals surface area (Å²) in [4.78, 5) is 12.3. The third-order valence-electron chi connectivity index (χ3n) is 4.99. The monoisotopic (exact) mass is 371 g/mol. The molecule has 1 saturated heterocycles. The van der Waals surface area contributed by atoms with Gasteiger partial charge in [-0.15, -0.1) is 0 Å². The van der Waals surface area contributed by atoms with Crippen LogP contribution in [0.4, 0.5) is 0 Å². The Balaban J connectivity index is 1.76. The molecule has 0 spiro atoms. The quantitative estimate of drug-likeness (QED) is 0.757. The lowest BCUT2D eigenvalue weighted by Gasteiger charge is -2.38. The SMILES string of the molecule is COc1ccc(C2(CNC(=O)C=Cc3ccco3)CCOCC2)cc1OC. The smallest absolute Gasteiger partial charge is 0.244 e. The number of benzene rings is 1. The number of hydrogen-bond donors (Lipinski definition) is 1. The van der Waals surface area contributed by atoms with Crippen molar-refractivity contribution in [3.63, 3.8) is 0 Å². The fourth-order valence-corrected chi connectivity index (χ4v) is 3.35. The van der Waals surface area contributed by atoms with Crippen LogP contribution in [0.1, 0.15) is 24.2 Å². The Bertz CT molecular complexity index is 776. The van der Waals surface area contributed by atoms with Gasteiger partial charge in [0.1, 0.15) is 5.76 Å². The molecule has 2 aromatic rings. The van der Waals surface area contributed by atoms with E-state index < -0.39 is 0 Å². The molecule has 0 unspecified atom stereocenters. The number of carbonyl (C=O) groups is 1. The molecule has 1 aromatic heterocycles. The Labute approximate surface area is 159 Å². The number of ether oxygens (including phenoxy) is 3. The average Bonchev–Trinajstić information content (AvgIpc) is 3.24. The normalized spacial score (nSPS) is 16.2. The number of carbonyl (C=O) groups excluding carboxylic acids is 1. The van der Waals surface area contributed by atoms with Gasteiger partial charge in [0.05, 0.1) is 20.5 Å². The maximum Gasteiger partial charge on any atom is 0.244 e. The summed E-state index contributed by atoms with van der Waals surface area (Å²) >= 11 is 0. The zero-order valence-corrected chi connectivity index (χ0v) is 15.7. The van der Waals surface area contributed by atoms with E-state index in [9.17, 15) is 4.79 Å². The van der Waals surface area contributed by atoms with Crippen molar-refractivity contribution in [1.29, 1.82) is 0 Å². The maximum atomic E-state index is 12.3. The molecule has 6 nitrogen and oxygen atoms in total. The van der Waals surface area contributed by atoms with Gasteiger partial charge in [0.2, 0.25) is 5.91 Å². The van der Waals surface area contributed by atoms with E-state index >= 15 is 0 Å². The summed E-state index contributed by atoms with van der Waals surface area (Å²) in [5.74, 6) is 1.86. The van der Waals surface area contributed by atoms with Crippen LogP contribution in [-0.2, 0) is 14.9 Å². The summed E-state index contributed by atoms with van der Waals surface area (Å²) in [6, 6.07) is 9.52. The first-order chi connectivity index (χ1) is 13.2. The van der Waals surface area contributed by atoms with E-state index in [-0.39, 0.29) is 11.3 Å². The molecule has 1 aliphatic heterocycles. The first-order valence-corrected chi connectivity index (χ1v) is 8.96. The minimum absolute atomic E-state index is 0.155. The minimum atomic E-state index is -0.202. The molecule has 3 rings (SSSR count). The molecule has 1 aromatic carbocycles. The van der Waals surface area contributed by atoms with Gasteiger partial charge in [0, 0.05) is 31.2 Å². The van der Waals surface area contributed by atoms with Crippen LogP contribution < -0.4 is 14.8 Å². The van der Waals surface area contributed by atoms with E-state index in [1.54, 1.807) is 38.7 Å². The average molecular weight is 371 g/mol. The number of hydrogen-bond acceptors (Lipinski definition) is 5. The topological polar surface area (TPSA) is 69.9 Å². The highest BCUT2D eigenvalue weighted by Gasteiger charge is 2.35. The lowest BCUT2D eigenvalue weighted by molar-refractivity contribution is -0.116. The molecule has 0 radical (unpaired) electrons. The van der Waals surface area contributed by atoms with Crippen molar-refractivity contribution in [3.8, 4) is 11.5 Å². The Hall–Kier alpha value is -2.73. The second-order valence-corrected chi connectivity index (χ2v) is 6.53. The molecule has 1 amide bonds. The number of nitrogens with one attached hydrogen (secondary N) is 1. The molecule has 1 N–H and O–H groups in total. The van der Waals surface area contributed by atoms with Crippen LogP contribution in [0.3, 0.4) is 0 Å². The first kappa shape index (κ1) is 19.0. The molecule has 2 heterocycles. The molecule has 0 aliphatic carbocycles. The van der Waals surface area contributed by atoms with Crippen LogP contribution >= 0.6 is 0 Å². The van der Waals surface area contributed by atoms with Crippen molar-refractivity contribution in [3.05, 3.63) is 54.0 Å². The Morgan fingerprint density at radius 3 is 2.63 bits per heavy atom. The second-order valence-electron chi connectivity index (χ2n) is 6.53. The van der Waals surface area contributed by atoms with E-state index in [0.717, 1.165) is 18.4 Å². The van der Waals surface area contributed by atoms with Crippen LogP contribution in [-0.4, -0.2) is 39.9 Å². The lowest BCUT2D eigenvalue weighted by Crippen LogP contribution is -2.44. The highest BCUT2D eigenvalue weighted by molar-refractivity contribution is 5.91. The molecule has 0 atom stereocenters. The van der Waals surface area contributed by atoms with Gasteiger partial charge in [-0.2, -0.15) is 0 Å². The highest BCUT2D eigenvalue weighted by Crippen LogP contribution is 2.38. The van der Waals surface area contributed by atoms with Crippen molar-refractivity contribution in [2.75, 3.05) is 34.0 Å². The zero-order valence-electron chi connectivity index (χ0n) is 15.7. The number of furan rings is 1. The standard InChI is InChI=1S/C21H25NO5/c1-24-18-7-5-16(14-19(18)25-2)21(9-12-26-13-10-21)15-22-20(23)8-6-17-4-3-11-27-17/h3-8,11,14H,9-10,12-13,15H2,1-2H3,(H,22,23). The van der Waals surface area contributed by atoms with E-state index in [2.05, 4.69) is 5.32 Å². The van der Waals surface area contributed by atoms with E-state index in [1.807, 2.05) is 18.2 Å². The van der Waals surface area contributed by atoms with Crippen molar-refractivity contribution < 1.29 is 23.4 Å². The third kappa shape index (κ3) is 4.52. The van der Waals surface area contributed by atoms with Gasteiger partial charge in [-0.25, -0.2) is 0 Å². The molecule has 0 saturated carbocycles. The highest BCUT2D eigenvalue weighted by atomic mass is 16.5. The number of methoxy groups -OCH3 is 2. The van der Waals surface area contributed by atoms with Gasteiger partial charge in [-0.05, 0) is 48.7 Å².